The molecule has 0 aliphatic heterocycles. The van der Waals surface area contributed by atoms with Gasteiger partial charge in [-0.2, -0.15) is 5.10 Å². The van der Waals surface area contributed by atoms with Crippen molar-refractivity contribution in [3.05, 3.63) is 29.4 Å². The largest absolute Gasteiger partial charge is 0.265 e. The lowest BCUT2D eigenvalue weighted by atomic mass is 10.2. The molecule has 2 aromatic heterocycles. The van der Waals surface area contributed by atoms with E-state index < -0.39 is 0 Å². The van der Waals surface area contributed by atoms with Crippen molar-refractivity contribution >= 4 is 15.9 Å². The lowest BCUT2D eigenvalue weighted by Crippen LogP contribution is -2.01. The van der Waals surface area contributed by atoms with Gasteiger partial charge in [0.2, 0.25) is 0 Å². The Balaban J connectivity index is 2.45. The van der Waals surface area contributed by atoms with Crippen molar-refractivity contribution < 1.29 is 0 Å². The fourth-order valence-corrected chi connectivity index (χ4v) is 1.84. The summed E-state index contributed by atoms with van der Waals surface area (Å²) >= 11 is 3.41. The van der Waals surface area contributed by atoms with Crippen molar-refractivity contribution in [2.45, 2.75) is 19.9 Å². The van der Waals surface area contributed by atoms with E-state index >= 15 is 0 Å². The van der Waals surface area contributed by atoms with Crippen LogP contribution in [0.5, 0.6) is 0 Å². The zero-order valence-corrected chi connectivity index (χ0v) is 9.98. The fourth-order valence-electron chi connectivity index (χ4n) is 1.44. The molecule has 0 saturated carbocycles. The molecule has 2 rings (SSSR count). The number of rotatable bonds is 3. The van der Waals surface area contributed by atoms with E-state index in [1.807, 2.05) is 10.7 Å². The smallest absolute Gasteiger partial charge is 0.118 e. The number of aromatic nitrogens is 4. The van der Waals surface area contributed by atoms with Gasteiger partial charge >= 0.3 is 0 Å². The molecule has 5 heteroatoms. The van der Waals surface area contributed by atoms with Gasteiger partial charge in [-0.1, -0.05) is 6.92 Å². The third-order valence-corrected chi connectivity index (χ3v) is 2.72. The minimum absolute atomic E-state index is 0.801. The monoisotopic (exact) mass is 266 g/mol. The quantitative estimate of drug-likeness (QED) is 0.802. The zero-order valence-electron chi connectivity index (χ0n) is 8.39. The van der Waals surface area contributed by atoms with E-state index in [0.29, 0.717) is 0 Å². The maximum Gasteiger partial charge on any atom is 0.118 e. The number of nitrogens with zero attached hydrogens (tertiary/aromatic N) is 4. The summed E-state index contributed by atoms with van der Waals surface area (Å²) in [5.41, 5.74) is 2.02. The van der Waals surface area contributed by atoms with Crippen LogP contribution in [0.15, 0.2) is 29.4 Å². The molecule has 15 heavy (non-hydrogen) atoms. The van der Waals surface area contributed by atoms with E-state index in [1.165, 1.54) is 6.33 Å². The van der Waals surface area contributed by atoms with Crippen LogP contribution in [0, 0.1) is 0 Å². The van der Waals surface area contributed by atoms with Crippen LogP contribution >= 0.6 is 15.9 Å². The molecule has 0 aromatic carbocycles. The Morgan fingerprint density at radius 2 is 2.33 bits per heavy atom. The van der Waals surface area contributed by atoms with Crippen LogP contribution in [-0.4, -0.2) is 19.7 Å². The molecular weight excluding hydrogens is 256 g/mol. The highest BCUT2D eigenvalue weighted by Crippen LogP contribution is 2.24. The number of hydrogen-bond donors (Lipinski definition) is 0. The van der Waals surface area contributed by atoms with Gasteiger partial charge in [0.15, 0.2) is 0 Å². The first-order valence-electron chi connectivity index (χ1n) is 4.80. The van der Waals surface area contributed by atoms with Gasteiger partial charge in [-0.25, -0.2) is 9.97 Å². The maximum atomic E-state index is 4.26. The Morgan fingerprint density at radius 1 is 1.47 bits per heavy atom. The van der Waals surface area contributed by atoms with Gasteiger partial charge in [0.05, 0.1) is 11.3 Å². The summed E-state index contributed by atoms with van der Waals surface area (Å²) in [6.45, 7) is 3.03. The second-order valence-corrected chi connectivity index (χ2v) is 3.92. The predicted molar refractivity (Wildman–Crippen MR) is 61.2 cm³/mol. The second kappa shape index (κ2) is 4.53. The van der Waals surface area contributed by atoms with Crippen LogP contribution in [0.4, 0.5) is 0 Å². The molecular formula is C10H11BrN4. The van der Waals surface area contributed by atoms with E-state index in [4.69, 9.17) is 0 Å². The summed E-state index contributed by atoms with van der Waals surface area (Å²) < 4.78 is 2.76. The molecule has 0 saturated heterocycles. The minimum atomic E-state index is 0.801. The van der Waals surface area contributed by atoms with E-state index in [2.05, 4.69) is 37.9 Å². The van der Waals surface area contributed by atoms with Crippen molar-refractivity contribution in [3.63, 3.8) is 0 Å². The molecule has 0 fully saturated rings. The van der Waals surface area contributed by atoms with Gasteiger partial charge in [-0.05, 0) is 28.4 Å². The molecule has 0 atom stereocenters. The third kappa shape index (κ3) is 2.07. The normalized spacial score (nSPS) is 10.5. The van der Waals surface area contributed by atoms with Crippen molar-refractivity contribution in [1.82, 2.24) is 19.7 Å². The van der Waals surface area contributed by atoms with Crippen LogP contribution in [0.3, 0.4) is 0 Å². The summed E-state index contributed by atoms with van der Waals surface area (Å²) in [6.07, 6.45) is 6.17. The first kappa shape index (κ1) is 10.3. The summed E-state index contributed by atoms with van der Waals surface area (Å²) in [6, 6.07) is 1.97. The Labute approximate surface area is 96.5 Å². The average Bonchev–Trinajstić information content (AvgIpc) is 2.67. The Kier molecular flexibility index (Phi) is 3.11. The van der Waals surface area contributed by atoms with Crippen molar-refractivity contribution in [1.29, 1.82) is 0 Å². The molecule has 4 nitrogen and oxygen atoms in total. The zero-order chi connectivity index (χ0) is 10.7. The first-order valence-corrected chi connectivity index (χ1v) is 5.60. The molecule has 0 spiro atoms. The Morgan fingerprint density at radius 3 is 3.07 bits per heavy atom. The van der Waals surface area contributed by atoms with Crippen LogP contribution in [0.1, 0.15) is 13.3 Å². The number of hydrogen-bond acceptors (Lipinski definition) is 3. The SMILES string of the molecule is CCCn1nccc1-c1cncnc1Br. The van der Waals surface area contributed by atoms with Crippen molar-refractivity contribution in [2.24, 2.45) is 0 Å². The van der Waals surface area contributed by atoms with Gasteiger partial charge in [0.25, 0.3) is 0 Å². The minimum Gasteiger partial charge on any atom is -0.265 e. The van der Waals surface area contributed by atoms with Gasteiger partial charge in [-0.3, -0.25) is 4.68 Å². The standard InChI is InChI=1S/C10H11BrN4/c1-2-5-15-9(3-4-14-15)8-6-12-7-13-10(8)11/h3-4,6-7H,2,5H2,1H3. The highest BCUT2D eigenvalue weighted by atomic mass is 79.9. The molecule has 78 valence electrons. The van der Waals surface area contributed by atoms with E-state index in [9.17, 15) is 0 Å². The summed E-state index contributed by atoms with van der Waals surface area (Å²) in [4.78, 5) is 8.12. The molecule has 2 heterocycles. The van der Waals surface area contributed by atoms with Crippen LogP contribution in [-0.2, 0) is 6.54 Å². The predicted octanol–water partition coefficient (Wildman–Crippen LogP) is 2.51. The van der Waals surface area contributed by atoms with Gasteiger partial charge in [0, 0.05) is 18.9 Å². The van der Waals surface area contributed by atoms with Crippen molar-refractivity contribution in [3.8, 4) is 11.3 Å². The molecule has 0 unspecified atom stereocenters. The summed E-state index contributed by atoms with van der Waals surface area (Å²) in [7, 11) is 0. The fraction of sp³-hybridized carbons (Fsp3) is 0.300. The van der Waals surface area contributed by atoms with Gasteiger partial charge in [-0.15, -0.1) is 0 Å². The van der Waals surface area contributed by atoms with Gasteiger partial charge < -0.3 is 0 Å². The van der Waals surface area contributed by atoms with E-state index in [1.54, 1.807) is 12.4 Å². The highest BCUT2D eigenvalue weighted by Gasteiger charge is 2.08. The number of aryl methyl sites for hydroxylation is 1. The van der Waals surface area contributed by atoms with Crippen LogP contribution in [0.25, 0.3) is 11.3 Å². The Hall–Kier alpha value is -1.23. The summed E-state index contributed by atoms with van der Waals surface area (Å²) in [5, 5.41) is 4.26. The first-order chi connectivity index (χ1) is 7.33. The van der Waals surface area contributed by atoms with Crippen molar-refractivity contribution in [2.75, 3.05) is 0 Å². The Bertz CT molecular complexity index is 452. The average molecular weight is 267 g/mol. The second-order valence-electron chi connectivity index (χ2n) is 3.17. The van der Waals surface area contributed by atoms with E-state index in [0.717, 1.165) is 28.8 Å². The maximum absolute atomic E-state index is 4.26. The highest BCUT2D eigenvalue weighted by molar-refractivity contribution is 9.10. The van der Waals surface area contributed by atoms with Crippen LogP contribution < -0.4 is 0 Å². The molecule has 0 N–H and O–H groups in total. The lowest BCUT2D eigenvalue weighted by Gasteiger charge is -2.06. The molecule has 0 radical (unpaired) electrons. The van der Waals surface area contributed by atoms with Crippen LogP contribution in [0.2, 0.25) is 0 Å². The molecule has 0 bridgehead atoms. The molecule has 0 amide bonds. The van der Waals surface area contributed by atoms with E-state index in [-0.39, 0.29) is 0 Å². The molecule has 2 aromatic rings. The summed E-state index contributed by atoms with van der Waals surface area (Å²) in [5.74, 6) is 0. The van der Waals surface area contributed by atoms with Gasteiger partial charge in [0.1, 0.15) is 10.9 Å². The molecule has 0 aliphatic rings. The topological polar surface area (TPSA) is 43.6 Å². The molecule has 0 aliphatic carbocycles. The number of halogens is 1. The lowest BCUT2D eigenvalue weighted by molar-refractivity contribution is 0.608. The third-order valence-electron chi connectivity index (χ3n) is 2.09.